The molecule has 8 heteroatoms. The fraction of sp³-hybridized carbons (Fsp3) is 0.667. The Kier molecular flexibility index (Phi) is 7.64. The van der Waals surface area contributed by atoms with Crippen LogP contribution in [0.15, 0.2) is 35.3 Å². The highest BCUT2D eigenvalue weighted by Gasteiger charge is 2.34. The Morgan fingerprint density at radius 3 is 2.52 bits per heavy atom. The van der Waals surface area contributed by atoms with E-state index in [1.807, 2.05) is 37.3 Å². The summed E-state index contributed by atoms with van der Waals surface area (Å²) in [7, 11) is 0. The zero-order chi connectivity index (χ0) is 20.7. The SMILES string of the molecule is CCNC(=NCC1CCN(CC(F)(F)F)C1)N1CCC(Oc2ccccc2)CC1. The number of guanidine groups is 1. The van der Waals surface area contributed by atoms with Gasteiger partial charge in [0.25, 0.3) is 0 Å². The average molecular weight is 413 g/mol. The minimum Gasteiger partial charge on any atom is -0.490 e. The van der Waals surface area contributed by atoms with Crippen LogP contribution in [0.5, 0.6) is 5.75 Å². The number of nitrogens with one attached hydrogen (secondary N) is 1. The maximum Gasteiger partial charge on any atom is 0.401 e. The number of hydrogen-bond donors (Lipinski definition) is 1. The Hall–Kier alpha value is -1.96. The third-order valence-electron chi connectivity index (χ3n) is 5.39. The van der Waals surface area contributed by atoms with Gasteiger partial charge in [-0.25, -0.2) is 0 Å². The van der Waals surface area contributed by atoms with Crippen molar-refractivity contribution in [1.82, 2.24) is 15.1 Å². The third-order valence-corrected chi connectivity index (χ3v) is 5.39. The number of nitrogens with zero attached hydrogens (tertiary/aromatic N) is 3. The summed E-state index contributed by atoms with van der Waals surface area (Å²) in [5, 5.41) is 3.33. The monoisotopic (exact) mass is 412 g/mol. The van der Waals surface area contributed by atoms with Crippen LogP contribution >= 0.6 is 0 Å². The largest absolute Gasteiger partial charge is 0.490 e. The van der Waals surface area contributed by atoms with Gasteiger partial charge in [0.05, 0.1) is 6.54 Å². The van der Waals surface area contributed by atoms with Gasteiger partial charge < -0.3 is 15.0 Å². The maximum absolute atomic E-state index is 12.6. The van der Waals surface area contributed by atoms with Crippen LogP contribution < -0.4 is 10.1 Å². The predicted molar refractivity (Wildman–Crippen MR) is 108 cm³/mol. The molecular weight excluding hydrogens is 381 g/mol. The molecule has 0 aromatic heterocycles. The molecule has 1 aromatic rings. The number of hydrogen-bond acceptors (Lipinski definition) is 3. The molecule has 2 aliphatic rings. The standard InChI is InChI=1S/C21H31F3N4O/c1-2-25-20(26-14-17-8-11-27(15-17)16-21(22,23)24)28-12-9-19(10-13-28)29-18-6-4-3-5-7-18/h3-7,17,19H,2,8-16H2,1H3,(H,25,26). The number of likely N-dealkylation sites (tertiary alicyclic amines) is 2. The van der Waals surface area contributed by atoms with Gasteiger partial charge in [-0.3, -0.25) is 9.89 Å². The molecule has 1 aromatic carbocycles. The summed E-state index contributed by atoms with van der Waals surface area (Å²) in [4.78, 5) is 8.46. The highest BCUT2D eigenvalue weighted by molar-refractivity contribution is 5.80. The van der Waals surface area contributed by atoms with E-state index in [4.69, 9.17) is 9.73 Å². The van der Waals surface area contributed by atoms with Gasteiger partial charge in [-0.1, -0.05) is 18.2 Å². The summed E-state index contributed by atoms with van der Waals surface area (Å²) in [6, 6.07) is 9.86. The Bertz CT molecular complexity index is 645. The number of benzene rings is 1. The van der Waals surface area contributed by atoms with E-state index in [2.05, 4.69) is 10.2 Å². The molecule has 2 heterocycles. The van der Waals surface area contributed by atoms with Gasteiger partial charge in [0.2, 0.25) is 0 Å². The Labute approximate surface area is 170 Å². The first-order valence-electron chi connectivity index (χ1n) is 10.5. The van der Waals surface area contributed by atoms with Crippen LogP contribution in [0.25, 0.3) is 0 Å². The van der Waals surface area contributed by atoms with E-state index in [0.29, 0.717) is 19.6 Å². The van der Waals surface area contributed by atoms with Gasteiger partial charge in [-0.15, -0.1) is 0 Å². The molecule has 2 aliphatic heterocycles. The van der Waals surface area contributed by atoms with E-state index >= 15 is 0 Å². The van der Waals surface area contributed by atoms with E-state index in [0.717, 1.165) is 50.6 Å². The fourth-order valence-electron chi connectivity index (χ4n) is 3.98. The first kappa shape index (κ1) is 21.7. The lowest BCUT2D eigenvalue weighted by molar-refractivity contribution is -0.143. The highest BCUT2D eigenvalue weighted by Crippen LogP contribution is 2.23. The molecule has 2 fully saturated rings. The second-order valence-electron chi connectivity index (χ2n) is 7.82. The zero-order valence-corrected chi connectivity index (χ0v) is 17.0. The first-order chi connectivity index (χ1) is 13.9. The third kappa shape index (κ3) is 7.10. The van der Waals surface area contributed by atoms with Crippen molar-refractivity contribution in [3.05, 3.63) is 30.3 Å². The highest BCUT2D eigenvalue weighted by atomic mass is 19.4. The molecule has 1 N–H and O–H groups in total. The molecule has 1 atom stereocenters. The van der Waals surface area contributed by atoms with Crippen molar-refractivity contribution in [2.75, 3.05) is 45.8 Å². The fourth-order valence-corrected chi connectivity index (χ4v) is 3.98. The van der Waals surface area contributed by atoms with Gasteiger partial charge in [0.1, 0.15) is 11.9 Å². The minimum absolute atomic E-state index is 0.185. The summed E-state index contributed by atoms with van der Waals surface area (Å²) < 4.78 is 43.7. The van der Waals surface area contributed by atoms with Crippen molar-refractivity contribution in [2.24, 2.45) is 10.9 Å². The lowest BCUT2D eigenvalue weighted by Crippen LogP contribution is -2.47. The lowest BCUT2D eigenvalue weighted by Gasteiger charge is -2.34. The van der Waals surface area contributed by atoms with Crippen LogP contribution in [0.2, 0.25) is 0 Å². The van der Waals surface area contributed by atoms with Crippen molar-refractivity contribution in [2.45, 2.75) is 38.5 Å². The zero-order valence-electron chi connectivity index (χ0n) is 17.0. The normalized spacial score (nSPS) is 22.1. The number of aliphatic imine (C=N–C) groups is 1. The van der Waals surface area contributed by atoms with Crippen molar-refractivity contribution in [3.8, 4) is 5.75 Å². The summed E-state index contributed by atoms with van der Waals surface area (Å²) in [6.07, 6.45) is -1.32. The van der Waals surface area contributed by atoms with Crippen molar-refractivity contribution < 1.29 is 17.9 Å². The van der Waals surface area contributed by atoms with Crippen LogP contribution in [0.3, 0.4) is 0 Å². The number of piperidine rings is 1. The second kappa shape index (κ2) is 10.2. The molecule has 3 rings (SSSR count). The van der Waals surface area contributed by atoms with Gasteiger partial charge in [0.15, 0.2) is 5.96 Å². The summed E-state index contributed by atoms with van der Waals surface area (Å²) in [5.41, 5.74) is 0. The Morgan fingerprint density at radius 2 is 1.86 bits per heavy atom. The van der Waals surface area contributed by atoms with Crippen molar-refractivity contribution in [1.29, 1.82) is 0 Å². The predicted octanol–water partition coefficient (Wildman–Crippen LogP) is 3.38. The summed E-state index contributed by atoms with van der Waals surface area (Å²) in [6.45, 7) is 5.22. The number of para-hydroxylation sites is 1. The molecular formula is C21H31F3N4O. The molecule has 5 nitrogen and oxygen atoms in total. The van der Waals surface area contributed by atoms with Gasteiger partial charge >= 0.3 is 6.18 Å². The van der Waals surface area contributed by atoms with Gasteiger partial charge in [-0.2, -0.15) is 13.2 Å². The van der Waals surface area contributed by atoms with Gasteiger partial charge in [-0.05, 0) is 37.9 Å². The van der Waals surface area contributed by atoms with Crippen LogP contribution in [-0.2, 0) is 0 Å². The van der Waals surface area contributed by atoms with Crippen molar-refractivity contribution in [3.63, 3.8) is 0 Å². The number of ether oxygens (including phenoxy) is 1. The maximum atomic E-state index is 12.6. The average Bonchev–Trinajstić information content (AvgIpc) is 3.12. The first-order valence-corrected chi connectivity index (χ1v) is 10.5. The molecule has 0 aliphatic carbocycles. The summed E-state index contributed by atoms with van der Waals surface area (Å²) in [5.74, 6) is 1.95. The van der Waals surface area contributed by atoms with E-state index in [9.17, 15) is 13.2 Å². The van der Waals surface area contributed by atoms with E-state index < -0.39 is 12.7 Å². The van der Waals surface area contributed by atoms with Crippen LogP contribution in [0, 0.1) is 5.92 Å². The molecule has 0 bridgehead atoms. The van der Waals surface area contributed by atoms with Gasteiger partial charge in [0, 0.05) is 45.6 Å². The van der Waals surface area contributed by atoms with Crippen LogP contribution in [0.4, 0.5) is 13.2 Å². The van der Waals surface area contributed by atoms with E-state index in [1.54, 1.807) is 0 Å². The molecule has 0 amide bonds. The molecule has 162 valence electrons. The van der Waals surface area contributed by atoms with Crippen LogP contribution in [-0.4, -0.2) is 73.9 Å². The summed E-state index contributed by atoms with van der Waals surface area (Å²) >= 11 is 0. The lowest BCUT2D eigenvalue weighted by atomic mass is 10.1. The van der Waals surface area contributed by atoms with Crippen molar-refractivity contribution >= 4 is 5.96 Å². The molecule has 0 spiro atoms. The number of alkyl halides is 3. The molecule has 0 saturated carbocycles. The Morgan fingerprint density at radius 1 is 1.14 bits per heavy atom. The van der Waals surface area contributed by atoms with E-state index in [1.165, 1.54) is 4.90 Å². The topological polar surface area (TPSA) is 40.1 Å². The smallest absolute Gasteiger partial charge is 0.401 e. The molecule has 0 radical (unpaired) electrons. The molecule has 29 heavy (non-hydrogen) atoms. The number of rotatable bonds is 6. The molecule has 2 saturated heterocycles. The minimum atomic E-state index is -4.13. The molecule has 1 unspecified atom stereocenters. The Balaban J connectivity index is 1.47. The number of halogens is 3. The quantitative estimate of drug-likeness (QED) is 0.575. The second-order valence-corrected chi connectivity index (χ2v) is 7.82. The van der Waals surface area contributed by atoms with E-state index in [-0.39, 0.29) is 12.0 Å². The van der Waals surface area contributed by atoms with Crippen LogP contribution in [0.1, 0.15) is 26.2 Å².